The van der Waals surface area contributed by atoms with Crippen molar-refractivity contribution in [2.24, 2.45) is 0 Å². The number of anilines is 1. The molecular weight excluding hydrogens is 325 g/mol. The third-order valence-corrected chi connectivity index (χ3v) is 3.76. The Hall–Kier alpha value is -2.32. The molecule has 2 atom stereocenters. The molecule has 2 N–H and O–H groups in total. The highest BCUT2D eigenvalue weighted by molar-refractivity contribution is 5.64. The number of aliphatic hydroxyl groups excluding tert-OH is 2. The van der Waals surface area contributed by atoms with Crippen molar-refractivity contribution < 1.29 is 28.1 Å². The van der Waals surface area contributed by atoms with E-state index in [0.717, 1.165) is 11.0 Å². The number of nitrogens with zero attached hydrogens (tertiary/aromatic N) is 2. The highest BCUT2D eigenvalue weighted by Gasteiger charge is 2.50. The van der Waals surface area contributed by atoms with Gasteiger partial charge >= 0.3 is 6.11 Å². The molecule has 3 rings (SSSR count). The fourth-order valence-corrected chi connectivity index (χ4v) is 2.62. The first kappa shape index (κ1) is 16.5. The number of hydrogen-bond acceptors (Lipinski definition) is 5. The number of ether oxygens (including phenoxy) is 1. The molecule has 2 aromatic rings. The molecule has 0 saturated heterocycles. The number of alkyl halides is 2. The second-order valence-corrected chi connectivity index (χ2v) is 5.52. The highest BCUT2D eigenvalue weighted by atomic mass is 19.3. The molecule has 0 bridgehead atoms. The van der Waals surface area contributed by atoms with Crippen LogP contribution in [0.3, 0.4) is 0 Å². The number of halogens is 3. The highest BCUT2D eigenvalue weighted by Crippen LogP contribution is 2.45. The predicted molar refractivity (Wildman–Crippen MR) is 79.0 cm³/mol. The van der Waals surface area contributed by atoms with Crippen LogP contribution >= 0.6 is 0 Å². The second-order valence-electron chi connectivity index (χ2n) is 5.52. The smallest absolute Gasteiger partial charge is 0.427 e. The summed E-state index contributed by atoms with van der Waals surface area (Å²) in [7, 11) is 0. The average Bonchev–Trinajstić information content (AvgIpc) is 2.51. The lowest BCUT2D eigenvalue weighted by atomic mass is 10.1. The zero-order chi connectivity index (χ0) is 17.5. The van der Waals surface area contributed by atoms with Crippen LogP contribution in [0.5, 0.6) is 5.75 Å². The van der Waals surface area contributed by atoms with Crippen molar-refractivity contribution in [2.75, 3.05) is 4.90 Å². The van der Waals surface area contributed by atoms with E-state index in [4.69, 9.17) is 0 Å². The monoisotopic (exact) mass is 340 g/mol. The van der Waals surface area contributed by atoms with E-state index in [0.29, 0.717) is 5.56 Å². The Morgan fingerprint density at radius 1 is 1.38 bits per heavy atom. The number of hydrogen-bond donors (Lipinski definition) is 2. The van der Waals surface area contributed by atoms with Crippen LogP contribution in [0, 0.1) is 5.95 Å². The van der Waals surface area contributed by atoms with Gasteiger partial charge in [0, 0.05) is 18.3 Å². The van der Waals surface area contributed by atoms with Crippen molar-refractivity contribution in [3.05, 3.63) is 53.6 Å². The number of aromatic nitrogens is 1. The molecule has 2 heterocycles. The van der Waals surface area contributed by atoms with E-state index in [1.165, 1.54) is 31.3 Å². The van der Waals surface area contributed by atoms with E-state index < -0.39 is 24.4 Å². The standard InChI is InChI=1S/C16H15F3N2O3/c1-9(22)11-3-2-4-12-14(11)24-16(18,19)15(23)21(12)8-10-5-6-20-13(17)7-10/h2-7,9,15,22-23H,8H2,1H3. The maximum Gasteiger partial charge on any atom is 0.444 e. The van der Waals surface area contributed by atoms with Gasteiger partial charge in [-0.05, 0) is 30.7 Å². The fraction of sp³-hybridized carbons (Fsp3) is 0.312. The van der Waals surface area contributed by atoms with Gasteiger partial charge in [0.2, 0.25) is 12.2 Å². The Balaban J connectivity index is 2.07. The molecule has 0 radical (unpaired) electrons. The molecular formula is C16H15F3N2O3. The van der Waals surface area contributed by atoms with Gasteiger partial charge in [0.05, 0.1) is 11.8 Å². The third-order valence-electron chi connectivity index (χ3n) is 3.76. The zero-order valence-corrected chi connectivity index (χ0v) is 12.7. The van der Waals surface area contributed by atoms with E-state index in [1.807, 2.05) is 0 Å². The van der Waals surface area contributed by atoms with Crippen molar-refractivity contribution >= 4 is 5.69 Å². The summed E-state index contributed by atoms with van der Waals surface area (Å²) in [6.45, 7) is 1.24. The molecule has 0 aliphatic carbocycles. The molecule has 0 spiro atoms. The molecule has 1 aliphatic rings. The van der Waals surface area contributed by atoms with Crippen molar-refractivity contribution in [1.82, 2.24) is 4.98 Å². The lowest BCUT2D eigenvalue weighted by Gasteiger charge is -2.40. The Bertz CT molecular complexity index is 755. The number of rotatable bonds is 3. The van der Waals surface area contributed by atoms with Gasteiger partial charge in [0.15, 0.2) is 5.75 Å². The van der Waals surface area contributed by atoms with E-state index in [9.17, 15) is 23.4 Å². The van der Waals surface area contributed by atoms with Gasteiger partial charge in [-0.1, -0.05) is 12.1 Å². The lowest BCUT2D eigenvalue weighted by molar-refractivity contribution is -0.246. The molecule has 1 aromatic carbocycles. The number of para-hydroxylation sites is 1. The minimum absolute atomic E-state index is 0.171. The van der Waals surface area contributed by atoms with Gasteiger partial charge in [0.25, 0.3) is 0 Å². The van der Waals surface area contributed by atoms with Crippen LogP contribution < -0.4 is 9.64 Å². The van der Waals surface area contributed by atoms with Crippen molar-refractivity contribution in [3.63, 3.8) is 0 Å². The Labute approximate surface area is 135 Å². The maximum atomic E-state index is 14.1. The minimum atomic E-state index is -3.89. The summed E-state index contributed by atoms with van der Waals surface area (Å²) in [5.41, 5.74) is 0.710. The molecule has 128 valence electrons. The van der Waals surface area contributed by atoms with Crippen LogP contribution in [-0.2, 0) is 6.54 Å². The number of fused-ring (bicyclic) bond motifs is 1. The number of aliphatic hydroxyl groups is 2. The van der Waals surface area contributed by atoms with Crippen LogP contribution in [0.1, 0.15) is 24.2 Å². The van der Waals surface area contributed by atoms with Gasteiger partial charge in [-0.3, -0.25) is 0 Å². The molecule has 24 heavy (non-hydrogen) atoms. The third kappa shape index (κ3) is 2.90. The number of pyridine rings is 1. The molecule has 2 unspecified atom stereocenters. The SMILES string of the molecule is CC(O)c1cccc2c1OC(F)(F)C(O)N2Cc1ccnc(F)c1. The predicted octanol–water partition coefficient (Wildman–Crippen LogP) is 2.58. The van der Waals surface area contributed by atoms with Crippen LogP contribution in [0.25, 0.3) is 0 Å². The van der Waals surface area contributed by atoms with Crippen molar-refractivity contribution in [1.29, 1.82) is 0 Å². The van der Waals surface area contributed by atoms with Crippen LogP contribution in [0.4, 0.5) is 18.9 Å². The Morgan fingerprint density at radius 2 is 2.12 bits per heavy atom. The molecule has 5 nitrogen and oxygen atoms in total. The van der Waals surface area contributed by atoms with Crippen molar-refractivity contribution in [3.8, 4) is 5.75 Å². The average molecular weight is 340 g/mol. The molecule has 1 aliphatic heterocycles. The molecule has 0 fully saturated rings. The summed E-state index contributed by atoms with van der Waals surface area (Å²) < 4.78 is 46.0. The summed E-state index contributed by atoms with van der Waals surface area (Å²) in [6, 6.07) is 7.06. The molecule has 0 saturated carbocycles. The van der Waals surface area contributed by atoms with Crippen LogP contribution in [0.2, 0.25) is 0 Å². The Morgan fingerprint density at radius 3 is 2.79 bits per heavy atom. The molecule has 8 heteroatoms. The largest absolute Gasteiger partial charge is 0.444 e. The summed E-state index contributed by atoms with van der Waals surface area (Å²) in [4.78, 5) is 4.41. The van der Waals surface area contributed by atoms with Gasteiger partial charge in [-0.25, -0.2) is 4.98 Å². The van der Waals surface area contributed by atoms with Crippen LogP contribution in [-0.4, -0.2) is 27.5 Å². The first-order chi connectivity index (χ1) is 11.3. The zero-order valence-electron chi connectivity index (χ0n) is 12.7. The topological polar surface area (TPSA) is 65.8 Å². The second kappa shape index (κ2) is 5.95. The Kier molecular flexibility index (Phi) is 4.10. The summed E-state index contributed by atoms with van der Waals surface area (Å²) in [6.07, 6.45) is -5.97. The maximum absolute atomic E-state index is 14.1. The van der Waals surface area contributed by atoms with Gasteiger partial charge in [-0.15, -0.1) is 0 Å². The first-order valence-electron chi connectivity index (χ1n) is 7.22. The summed E-state index contributed by atoms with van der Waals surface area (Å²) >= 11 is 0. The van der Waals surface area contributed by atoms with Gasteiger partial charge < -0.3 is 19.8 Å². The van der Waals surface area contributed by atoms with E-state index >= 15 is 0 Å². The van der Waals surface area contributed by atoms with Gasteiger partial charge in [0.1, 0.15) is 0 Å². The van der Waals surface area contributed by atoms with E-state index in [-0.39, 0.29) is 23.5 Å². The van der Waals surface area contributed by atoms with E-state index in [2.05, 4.69) is 9.72 Å². The van der Waals surface area contributed by atoms with Gasteiger partial charge in [-0.2, -0.15) is 13.2 Å². The fourth-order valence-electron chi connectivity index (χ4n) is 2.62. The normalized spacial score (nSPS) is 20.2. The first-order valence-corrected chi connectivity index (χ1v) is 7.22. The number of benzene rings is 1. The summed E-state index contributed by atoms with van der Waals surface area (Å²) in [5, 5.41) is 19.7. The van der Waals surface area contributed by atoms with Crippen molar-refractivity contribution in [2.45, 2.75) is 31.9 Å². The van der Waals surface area contributed by atoms with E-state index in [1.54, 1.807) is 6.07 Å². The lowest BCUT2D eigenvalue weighted by Crippen LogP contribution is -2.54. The quantitative estimate of drug-likeness (QED) is 0.841. The molecule has 1 aromatic heterocycles. The molecule has 0 amide bonds. The summed E-state index contributed by atoms with van der Waals surface area (Å²) in [5.74, 6) is -0.961. The van der Waals surface area contributed by atoms with Crippen LogP contribution in [0.15, 0.2) is 36.5 Å². The minimum Gasteiger partial charge on any atom is -0.427 e.